The SMILES string of the molecule is Cc1sc2nc(CS[C@H](C)C(=O)N(C)C[C@@H]3COc4ccccc4O3)[nH]c(=O)c2c1C. The van der Waals surface area contributed by atoms with Crippen LogP contribution >= 0.6 is 23.1 Å². The first-order valence-corrected chi connectivity index (χ1v) is 11.9. The summed E-state index contributed by atoms with van der Waals surface area (Å²) in [4.78, 5) is 36.2. The van der Waals surface area contributed by atoms with E-state index >= 15 is 0 Å². The third-order valence-electron chi connectivity index (χ3n) is 5.33. The number of thioether (sulfide) groups is 1. The maximum absolute atomic E-state index is 12.8. The van der Waals surface area contributed by atoms with Gasteiger partial charge in [0.15, 0.2) is 17.6 Å². The first-order chi connectivity index (χ1) is 14.8. The molecular formula is C22H25N3O4S2. The van der Waals surface area contributed by atoms with Crippen molar-refractivity contribution in [2.75, 3.05) is 20.2 Å². The highest BCUT2D eigenvalue weighted by Gasteiger charge is 2.26. The lowest BCUT2D eigenvalue weighted by Crippen LogP contribution is -2.44. The van der Waals surface area contributed by atoms with E-state index in [1.807, 2.05) is 45.0 Å². The highest BCUT2D eigenvalue weighted by molar-refractivity contribution is 7.99. The number of carbonyl (C=O) groups is 1. The number of benzene rings is 1. The Hall–Kier alpha value is -2.52. The quantitative estimate of drug-likeness (QED) is 0.607. The molecule has 9 heteroatoms. The predicted octanol–water partition coefficient (Wildman–Crippen LogP) is 3.52. The standard InChI is InChI=1S/C22H25N3O4S2/c1-12-13(2)31-21-19(12)20(26)23-18(24-21)11-30-14(3)22(27)25(4)9-15-10-28-16-7-5-6-8-17(16)29-15/h5-8,14-15H,9-11H2,1-4H3,(H,23,24,26)/t14-,15-/m1/s1. The van der Waals surface area contributed by atoms with Crippen molar-refractivity contribution < 1.29 is 14.3 Å². The van der Waals surface area contributed by atoms with Crippen LogP contribution in [0.1, 0.15) is 23.2 Å². The van der Waals surface area contributed by atoms with Crippen molar-refractivity contribution in [1.82, 2.24) is 14.9 Å². The van der Waals surface area contributed by atoms with Crippen LogP contribution < -0.4 is 15.0 Å². The molecule has 1 aliphatic heterocycles. The molecule has 2 atom stereocenters. The summed E-state index contributed by atoms with van der Waals surface area (Å²) in [7, 11) is 1.77. The molecule has 3 aromatic rings. The second-order valence-electron chi connectivity index (χ2n) is 7.65. The molecule has 164 valence electrons. The second kappa shape index (κ2) is 8.92. The van der Waals surface area contributed by atoms with Gasteiger partial charge in [0, 0.05) is 11.9 Å². The third kappa shape index (κ3) is 4.57. The number of hydrogen-bond acceptors (Lipinski definition) is 7. The molecule has 0 aliphatic carbocycles. The van der Waals surface area contributed by atoms with Crippen LogP contribution in [0.15, 0.2) is 29.1 Å². The molecule has 7 nitrogen and oxygen atoms in total. The van der Waals surface area contributed by atoms with Gasteiger partial charge in [-0.25, -0.2) is 4.98 Å². The summed E-state index contributed by atoms with van der Waals surface area (Å²) >= 11 is 2.98. The fourth-order valence-corrected chi connectivity index (χ4v) is 5.42. The van der Waals surface area contributed by atoms with Crippen LogP contribution in [0.2, 0.25) is 0 Å². The molecule has 0 radical (unpaired) electrons. The zero-order chi connectivity index (χ0) is 22.1. The molecule has 0 saturated heterocycles. The van der Waals surface area contributed by atoms with Gasteiger partial charge in [0.1, 0.15) is 17.3 Å². The highest BCUT2D eigenvalue weighted by atomic mass is 32.2. The number of aryl methyl sites for hydroxylation is 2. The van der Waals surface area contributed by atoms with Crippen LogP contribution in [0.4, 0.5) is 0 Å². The first-order valence-electron chi connectivity index (χ1n) is 10.1. The monoisotopic (exact) mass is 459 g/mol. The Morgan fingerprint density at radius 2 is 2.10 bits per heavy atom. The number of aromatic amines is 1. The molecule has 0 saturated carbocycles. The number of rotatable bonds is 6. The van der Waals surface area contributed by atoms with Gasteiger partial charge in [0.25, 0.3) is 5.56 Å². The number of carbonyl (C=O) groups excluding carboxylic acids is 1. The summed E-state index contributed by atoms with van der Waals surface area (Å²) in [6.45, 7) is 6.64. The molecule has 2 aromatic heterocycles. The minimum Gasteiger partial charge on any atom is -0.486 e. The van der Waals surface area contributed by atoms with Gasteiger partial charge in [0.2, 0.25) is 5.91 Å². The number of amides is 1. The normalized spacial score (nSPS) is 16.3. The van der Waals surface area contributed by atoms with E-state index in [4.69, 9.17) is 9.47 Å². The largest absolute Gasteiger partial charge is 0.486 e. The Kier molecular flexibility index (Phi) is 6.24. The molecule has 4 rings (SSSR count). The number of para-hydroxylation sites is 2. The van der Waals surface area contributed by atoms with Crippen LogP contribution in [-0.2, 0) is 10.5 Å². The Morgan fingerprint density at radius 1 is 1.35 bits per heavy atom. The van der Waals surface area contributed by atoms with Crippen LogP contribution in [0.3, 0.4) is 0 Å². The Bertz CT molecular complexity index is 1170. The lowest BCUT2D eigenvalue weighted by atomic mass is 10.2. The van der Waals surface area contributed by atoms with Crippen LogP contribution in [0, 0.1) is 13.8 Å². The number of ether oxygens (including phenoxy) is 2. The first kappa shape index (κ1) is 21.7. The van der Waals surface area contributed by atoms with Crippen LogP contribution in [-0.4, -0.2) is 52.3 Å². The topological polar surface area (TPSA) is 84.5 Å². The van der Waals surface area contributed by atoms with Gasteiger partial charge < -0.3 is 19.4 Å². The average molecular weight is 460 g/mol. The van der Waals surface area contributed by atoms with Crippen molar-refractivity contribution in [1.29, 1.82) is 0 Å². The number of H-pyrrole nitrogens is 1. The number of nitrogens with zero attached hydrogens (tertiary/aromatic N) is 2. The molecular weight excluding hydrogens is 434 g/mol. The van der Waals surface area contributed by atoms with E-state index < -0.39 is 0 Å². The fourth-order valence-electron chi connectivity index (χ4n) is 3.50. The maximum atomic E-state index is 12.8. The minimum atomic E-state index is -0.283. The summed E-state index contributed by atoms with van der Waals surface area (Å²) in [5.74, 6) is 2.47. The van der Waals surface area contributed by atoms with Crippen molar-refractivity contribution in [2.24, 2.45) is 0 Å². The van der Waals surface area contributed by atoms with Crippen molar-refractivity contribution in [2.45, 2.75) is 37.9 Å². The van der Waals surface area contributed by atoms with E-state index in [2.05, 4.69) is 9.97 Å². The van der Waals surface area contributed by atoms with Gasteiger partial charge in [-0.2, -0.15) is 0 Å². The number of likely N-dealkylation sites (N-methyl/N-ethyl adjacent to an activating group) is 1. The van der Waals surface area contributed by atoms with Gasteiger partial charge in [0.05, 0.1) is 22.9 Å². The second-order valence-corrected chi connectivity index (χ2v) is 10.2. The minimum absolute atomic E-state index is 0.00121. The number of nitrogens with one attached hydrogen (secondary N) is 1. The third-order valence-corrected chi connectivity index (χ3v) is 7.57. The molecule has 1 aliphatic rings. The summed E-state index contributed by atoms with van der Waals surface area (Å²) < 4.78 is 11.7. The molecule has 0 bridgehead atoms. The molecule has 0 spiro atoms. The van der Waals surface area contributed by atoms with E-state index in [9.17, 15) is 9.59 Å². The summed E-state index contributed by atoms with van der Waals surface area (Å²) in [6, 6.07) is 7.53. The molecule has 0 fully saturated rings. The molecule has 1 N–H and O–H groups in total. The Labute approximate surface area is 188 Å². The molecule has 0 unspecified atom stereocenters. The number of fused-ring (bicyclic) bond motifs is 2. The van der Waals surface area contributed by atoms with Crippen molar-refractivity contribution in [3.63, 3.8) is 0 Å². The van der Waals surface area contributed by atoms with Gasteiger partial charge in [-0.15, -0.1) is 23.1 Å². The van der Waals surface area contributed by atoms with E-state index in [1.165, 1.54) is 23.1 Å². The van der Waals surface area contributed by atoms with Gasteiger partial charge >= 0.3 is 0 Å². The summed E-state index contributed by atoms with van der Waals surface area (Å²) in [6.07, 6.45) is -0.216. The van der Waals surface area contributed by atoms with Crippen LogP contribution in [0.5, 0.6) is 11.5 Å². The highest BCUT2D eigenvalue weighted by Crippen LogP contribution is 2.31. The fraction of sp³-hybridized carbons (Fsp3) is 0.409. The van der Waals surface area contributed by atoms with Gasteiger partial charge in [-0.1, -0.05) is 12.1 Å². The van der Waals surface area contributed by atoms with Crippen molar-refractivity contribution in [3.8, 4) is 11.5 Å². The van der Waals surface area contributed by atoms with E-state index in [0.717, 1.165) is 21.0 Å². The Morgan fingerprint density at radius 3 is 2.87 bits per heavy atom. The zero-order valence-electron chi connectivity index (χ0n) is 17.9. The van der Waals surface area contributed by atoms with Crippen LogP contribution in [0.25, 0.3) is 10.2 Å². The smallest absolute Gasteiger partial charge is 0.259 e. The molecule has 1 aromatic carbocycles. The average Bonchev–Trinajstić information content (AvgIpc) is 3.05. The van der Waals surface area contributed by atoms with E-state index in [1.54, 1.807) is 11.9 Å². The van der Waals surface area contributed by atoms with Crippen molar-refractivity contribution >= 4 is 39.2 Å². The zero-order valence-corrected chi connectivity index (χ0v) is 19.6. The summed E-state index contributed by atoms with van der Waals surface area (Å²) in [5.41, 5.74) is 0.864. The molecule has 31 heavy (non-hydrogen) atoms. The lowest BCUT2D eigenvalue weighted by molar-refractivity contribution is -0.130. The molecule has 3 heterocycles. The van der Waals surface area contributed by atoms with E-state index in [0.29, 0.717) is 35.9 Å². The number of aromatic nitrogens is 2. The van der Waals surface area contributed by atoms with Gasteiger partial charge in [-0.3, -0.25) is 9.59 Å². The maximum Gasteiger partial charge on any atom is 0.259 e. The number of thiophene rings is 1. The lowest BCUT2D eigenvalue weighted by Gasteiger charge is -2.30. The summed E-state index contributed by atoms with van der Waals surface area (Å²) in [5, 5.41) is 0.381. The Balaban J connectivity index is 1.34. The molecule has 1 amide bonds. The van der Waals surface area contributed by atoms with Gasteiger partial charge in [-0.05, 0) is 38.5 Å². The number of hydrogen-bond donors (Lipinski definition) is 1. The predicted molar refractivity (Wildman–Crippen MR) is 124 cm³/mol. The van der Waals surface area contributed by atoms with Crippen molar-refractivity contribution in [3.05, 3.63) is 50.9 Å². The van der Waals surface area contributed by atoms with E-state index in [-0.39, 0.29) is 22.8 Å².